The lowest BCUT2D eigenvalue weighted by atomic mass is 10.3. The number of hydrogen-bond acceptors (Lipinski definition) is 6. The summed E-state index contributed by atoms with van der Waals surface area (Å²) in [5.74, 6) is 6.45. The highest BCUT2D eigenvalue weighted by molar-refractivity contribution is 9.10. The number of anilines is 2. The lowest BCUT2D eigenvalue weighted by Crippen LogP contribution is -2.48. The largest absolute Gasteiger partial charge is 0.353 e. The topological polar surface area (TPSA) is 96.2 Å². The van der Waals surface area contributed by atoms with Crippen LogP contribution in [0.15, 0.2) is 10.8 Å². The zero-order valence-corrected chi connectivity index (χ0v) is 9.99. The van der Waals surface area contributed by atoms with Crippen molar-refractivity contribution in [1.29, 1.82) is 0 Å². The van der Waals surface area contributed by atoms with Crippen LogP contribution in [0.2, 0.25) is 0 Å². The van der Waals surface area contributed by atoms with Gasteiger partial charge >= 0.3 is 0 Å². The zero-order chi connectivity index (χ0) is 11.5. The Morgan fingerprint density at radius 3 is 3.06 bits per heavy atom. The Morgan fingerprint density at radius 1 is 1.56 bits per heavy atom. The molecule has 1 saturated heterocycles. The molecule has 4 N–H and O–H groups in total. The van der Waals surface area contributed by atoms with Crippen molar-refractivity contribution >= 4 is 33.5 Å². The molecule has 1 aliphatic heterocycles. The number of piperazine rings is 1. The van der Waals surface area contributed by atoms with E-state index in [0.717, 1.165) is 0 Å². The van der Waals surface area contributed by atoms with Gasteiger partial charge in [0.15, 0.2) is 5.82 Å². The van der Waals surface area contributed by atoms with Gasteiger partial charge in [-0.05, 0) is 15.9 Å². The molecule has 0 bridgehead atoms. The van der Waals surface area contributed by atoms with Gasteiger partial charge < -0.3 is 15.6 Å². The number of rotatable bonds is 2. The average molecular weight is 287 g/mol. The first-order valence-electron chi connectivity index (χ1n) is 4.71. The Hall–Kier alpha value is -1.41. The normalized spacial score (nSPS) is 15.9. The minimum Gasteiger partial charge on any atom is -0.353 e. The maximum absolute atomic E-state index is 11.3. The van der Waals surface area contributed by atoms with Crippen molar-refractivity contribution in [3.8, 4) is 0 Å². The maximum atomic E-state index is 11.3. The smallest absolute Gasteiger partial charge is 0.239 e. The van der Waals surface area contributed by atoms with E-state index in [4.69, 9.17) is 5.84 Å². The molecule has 16 heavy (non-hydrogen) atoms. The van der Waals surface area contributed by atoms with Crippen LogP contribution in [0.5, 0.6) is 0 Å². The third kappa shape index (κ3) is 2.07. The molecule has 1 aromatic heterocycles. The molecule has 0 saturated carbocycles. The van der Waals surface area contributed by atoms with Crippen molar-refractivity contribution in [2.24, 2.45) is 5.84 Å². The van der Waals surface area contributed by atoms with Crippen molar-refractivity contribution in [2.75, 3.05) is 30.0 Å². The number of carbonyl (C=O) groups is 1. The first-order chi connectivity index (χ1) is 7.72. The standard InChI is InChI=1S/C8H11BrN6O/c9-6-7(14-10)12-4-13-8(6)15-2-1-11-5(16)3-15/h4H,1-3,10H2,(H,11,16)(H,12,13,14). The number of aromatic nitrogens is 2. The van der Waals surface area contributed by atoms with Crippen LogP contribution in [-0.4, -0.2) is 35.5 Å². The van der Waals surface area contributed by atoms with Gasteiger partial charge in [0, 0.05) is 13.1 Å². The number of nitrogens with one attached hydrogen (secondary N) is 2. The maximum Gasteiger partial charge on any atom is 0.239 e. The van der Waals surface area contributed by atoms with Crippen LogP contribution in [0, 0.1) is 0 Å². The van der Waals surface area contributed by atoms with E-state index < -0.39 is 0 Å². The molecule has 2 heterocycles. The third-order valence-corrected chi connectivity index (χ3v) is 2.98. The second-order valence-corrected chi connectivity index (χ2v) is 4.07. The van der Waals surface area contributed by atoms with E-state index in [2.05, 4.69) is 36.6 Å². The van der Waals surface area contributed by atoms with Gasteiger partial charge in [-0.15, -0.1) is 0 Å². The summed E-state index contributed by atoms with van der Waals surface area (Å²) in [7, 11) is 0. The highest BCUT2D eigenvalue weighted by Gasteiger charge is 2.20. The zero-order valence-electron chi connectivity index (χ0n) is 8.40. The number of hydrogen-bond donors (Lipinski definition) is 3. The second kappa shape index (κ2) is 4.62. The fourth-order valence-corrected chi connectivity index (χ4v) is 2.07. The number of nitrogen functional groups attached to an aromatic ring is 1. The number of nitrogens with zero attached hydrogens (tertiary/aromatic N) is 3. The SMILES string of the molecule is NNc1ncnc(N2CCNC(=O)C2)c1Br. The summed E-state index contributed by atoms with van der Waals surface area (Å²) < 4.78 is 0.659. The lowest BCUT2D eigenvalue weighted by molar-refractivity contribution is -0.120. The summed E-state index contributed by atoms with van der Waals surface area (Å²) in [5, 5.41) is 2.75. The van der Waals surface area contributed by atoms with Gasteiger partial charge in [-0.2, -0.15) is 0 Å². The number of nitrogens with two attached hydrogens (primary N) is 1. The molecule has 0 spiro atoms. The molecule has 0 radical (unpaired) electrons. The number of amides is 1. The highest BCUT2D eigenvalue weighted by atomic mass is 79.9. The number of hydrazine groups is 1. The lowest BCUT2D eigenvalue weighted by Gasteiger charge is -2.28. The molecule has 2 rings (SSSR count). The van der Waals surface area contributed by atoms with Crippen molar-refractivity contribution in [2.45, 2.75) is 0 Å². The molecule has 7 nitrogen and oxygen atoms in total. The molecule has 0 aliphatic carbocycles. The van der Waals surface area contributed by atoms with E-state index in [1.54, 1.807) is 0 Å². The molecular weight excluding hydrogens is 276 g/mol. The van der Waals surface area contributed by atoms with Crippen molar-refractivity contribution in [3.05, 3.63) is 10.8 Å². The van der Waals surface area contributed by atoms with Gasteiger partial charge in [0.05, 0.1) is 6.54 Å². The summed E-state index contributed by atoms with van der Waals surface area (Å²) in [6, 6.07) is 0. The van der Waals surface area contributed by atoms with E-state index in [-0.39, 0.29) is 5.91 Å². The third-order valence-electron chi connectivity index (χ3n) is 2.25. The fraction of sp³-hybridized carbons (Fsp3) is 0.375. The van der Waals surface area contributed by atoms with E-state index in [0.29, 0.717) is 35.7 Å². The first-order valence-corrected chi connectivity index (χ1v) is 5.50. The summed E-state index contributed by atoms with van der Waals surface area (Å²) in [6.07, 6.45) is 1.40. The molecule has 86 valence electrons. The number of halogens is 1. The summed E-state index contributed by atoms with van der Waals surface area (Å²) in [6.45, 7) is 1.62. The van der Waals surface area contributed by atoms with Crippen LogP contribution in [0.4, 0.5) is 11.6 Å². The van der Waals surface area contributed by atoms with Crippen molar-refractivity contribution in [1.82, 2.24) is 15.3 Å². The number of carbonyl (C=O) groups excluding carboxylic acids is 1. The van der Waals surface area contributed by atoms with Crippen molar-refractivity contribution < 1.29 is 4.79 Å². The molecule has 1 aliphatic rings. The van der Waals surface area contributed by atoms with Crippen LogP contribution in [0.25, 0.3) is 0 Å². The predicted octanol–water partition coefficient (Wildman–Crippen LogP) is -0.539. The summed E-state index contributed by atoms with van der Waals surface area (Å²) in [5.41, 5.74) is 2.46. The van der Waals surface area contributed by atoms with Gasteiger partial charge in [0.25, 0.3) is 0 Å². The van der Waals surface area contributed by atoms with Gasteiger partial charge in [0.1, 0.15) is 16.6 Å². The van der Waals surface area contributed by atoms with E-state index in [1.165, 1.54) is 6.33 Å². The monoisotopic (exact) mass is 286 g/mol. The molecule has 1 aromatic rings. The van der Waals surface area contributed by atoms with Gasteiger partial charge in [-0.1, -0.05) is 0 Å². The van der Waals surface area contributed by atoms with E-state index >= 15 is 0 Å². The van der Waals surface area contributed by atoms with Crippen LogP contribution in [0.1, 0.15) is 0 Å². The summed E-state index contributed by atoms with van der Waals surface area (Å²) in [4.78, 5) is 21.2. The van der Waals surface area contributed by atoms with Gasteiger partial charge in [0.2, 0.25) is 5.91 Å². The van der Waals surface area contributed by atoms with Gasteiger partial charge in [-0.25, -0.2) is 15.8 Å². The van der Waals surface area contributed by atoms with Crippen LogP contribution >= 0.6 is 15.9 Å². The Morgan fingerprint density at radius 2 is 2.38 bits per heavy atom. The van der Waals surface area contributed by atoms with E-state index in [1.807, 2.05) is 4.90 Å². The Balaban J connectivity index is 2.29. The van der Waals surface area contributed by atoms with Gasteiger partial charge in [-0.3, -0.25) is 4.79 Å². The highest BCUT2D eigenvalue weighted by Crippen LogP contribution is 2.28. The Labute approximate surface area is 101 Å². The summed E-state index contributed by atoms with van der Waals surface area (Å²) >= 11 is 3.36. The Kier molecular flexibility index (Phi) is 3.20. The van der Waals surface area contributed by atoms with Crippen LogP contribution in [0.3, 0.4) is 0 Å². The van der Waals surface area contributed by atoms with Crippen molar-refractivity contribution in [3.63, 3.8) is 0 Å². The van der Waals surface area contributed by atoms with E-state index in [9.17, 15) is 4.79 Å². The van der Waals surface area contributed by atoms with Crippen LogP contribution in [-0.2, 0) is 4.79 Å². The molecule has 1 amide bonds. The average Bonchev–Trinajstić information content (AvgIpc) is 2.29. The molecule has 0 atom stereocenters. The first kappa shape index (κ1) is 11.1. The second-order valence-electron chi connectivity index (χ2n) is 3.28. The minimum absolute atomic E-state index is 0.0148. The molecule has 8 heteroatoms. The molecule has 0 unspecified atom stereocenters. The Bertz CT molecular complexity index is 412. The quantitative estimate of drug-likeness (QED) is 0.499. The van der Waals surface area contributed by atoms with Crippen LogP contribution < -0.4 is 21.5 Å². The minimum atomic E-state index is -0.0148. The molecule has 1 fully saturated rings. The molecular formula is C8H11BrN6O. The predicted molar refractivity (Wildman–Crippen MR) is 62.8 cm³/mol. The molecule has 0 aromatic carbocycles. The fourth-order valence-electron chi connectivity index (χ4n) is 1.50.